The second-order valence-corrected chi connectivity index (χ2v) is 6.05. The third-order valence-electron chi connectivity index (χ3n) is 3.71. The van der Waals surface area contributed by atoms with Crippen LogP contribution in [0.3, 0.4) is 0 Å². The summed E-state index contributed by atoms with van der Waals surface area (Å²) in [6.45, 7) is 5.54. The van der Waals surface area contributed by atoms with Gasteiger partial charge in [0.15, 0.2) is 0 Å². The van der Waals surface area contributed by atoms with Crippen LogP contribution in [-0.4, -0.2) is 49.6 Å². The maximum atomic E-state index is 6.23. The van der Waals surface area contributed by atoms with Gasteiger partial charge in [-0.25, -0.2) is 0 Å². The average Bonchev–Trinajstić information content (AvgIpc) is 2.37. The highest BCUT2D eigenvalue weighted by Crippen LogP contribution is 2.26. The normalized spacial score (nSPS) is 19.6. The molecule has 1 aliphatic rings. The van der Waals surface area contributed by atoms with Crippen molar-refractivity contribution in [3.05, 3.63) is 33.8 Å². The molecule has 0 saturated carbocycles. The van der Waals surface area contributed by atoms with E-state index < -0.39 is 0 Å². The number of hydrogen-bond donors (Lipinski definition) is 1. The molecule has 5 heteroatoms. The fraction of sp³-hybridized carbons (Fsp3) is 0.571. The van der Waals surface area contributed by atoms with Gasteiger partial charge in [0.2, 0.25) is 0 Å². The van der Waals surface area contributed by atoms with Crippen molar-refractivity contribution in [1.82, 2.24) is 9.80 Å². The van der Waals surface area contributed by atoms with Gasteiger partial charge in [-0.2, -0.15) is 0 Å². The standard InChI is InChI=1S/C14H21Cl2N3/c1-18-6-8-19(9-7-18)5-4-14(17)12-3-2-11(15)10-13(12)16/h2-3,10,14H,4-9,17H2,1H3. The van der Waals surface area contributed by atoms with Crippen LogP contribution in [0.2, 0.25) is 10.0 Å². The van der Waals surface area contributed by atoms with Crippen LogP contribution in [0, 0.1) is 0 Å². The van der Waals surface area contributed by atoms with Crippen LogP contribution >= 0.6 is 23.2 Å². The lowest BCUT2D eigenvalue weighted by molar-refractivity contribution is 0.150. The van der Waals surface area contributed by atoms with E-state index in [9.17, 15) is 0 Å². The van der Waals surface area contributed by atoms with E-state index in [1.54, 1.807) is 6.07 Å². The van der Waals surface area contributed by atoms with Crippen LogP contribution in [0.4, 0.5) is 0 Å². The second-order valence-electron chi connectivity index (χ2n) is 5.21. The molecule has 0 amide bonds. The van der Waals surface area contributed by atoms with E-state index in [4.69, 9.17) is 28.9 Å². The predicted molar refractivity (Wildman–Crippen MR) is 81.9 cm³/mol. The SMILES string of the molecule is CN1CCN(CCC(N)c2ccc(Cl)cc2Cl)CC1. The van der Waals surface area contributed by atoms with Gasteiger partial charge < -0.3 is 15.5 Å². The fourth-order valence-electron chi connectivity index (χ4n) is 2.35. The molecule has 1 fully saturated rings. The third-order valence-corrected chi connectivity index (χ3v) is 4.28. The van der Waals surface area contributed by atoms with Crippen molar-refractivity contribution in [3.63, 3.8) is 0 Å². The first-order valence-corrected chi connectivity index (χ1v) is 7.43. The molecule has 1 aliphatic heterocycles. The van der Waals surface area contributed by atoms with Crippen LogP contribution in [0.15, 0.2) is 18.2 Å². The molecule has 1 heterocycles. The van der Waals surface area contributed by atoms with E-state index in [1.165, 1.54) is 0 Å². The number of hydrogen-bond acceptors (Lipinski definition) is 3. The fourth-order valence-corrected chi connectivity index (χ4v) is 2.90. The quantitative estimate of drug-likeness (QED) is 0.928. The average molecular weight is 302 g/mol. The molecule has 1 aromatic rings. The predicted octanol–water partition coefficient (Wildman–Crippen LogP) is 2.63. The Balaban J connectivity index is 1.85. The minimum absolute atomic E-state index is 0.0237. The third kappa shape index (κ3) is 4.33. The number of nitrogens with zero attached hydrogens (tertiary/aromatic N) is 2. The zero-order chi connectivity index (χ0) is 13.8. The van der Waals surface area contributed by atoms with Crippen molar-refractivity contribution in [2.75, 3.05) is 39.8 Å². The van der Waals surface area contributed by atoms with Gasteiger partial charge in [0, 0.05) is 48.8 Å². The van der Waals surface area contributed by atoms with Gasteiger partial charge in [-0.05, 0) is 31.2 Å². The second kappa shape index (κ2) is 6.91. The van der Waals surface area contributed by atoms with Crippen LogP contribution in [0.5, 0.6) is 0 Å². The Morgan fingerprint density at radius 1 is 1.21 bits per heavy atom. The Bertz CT molecular complexity index is 417. The van der Waals surface area contributed by atoms with Crippen LogP contribution < -0.4 is 5.73 Å². The molecule has 0 spiro atoms. The Kier molecular flexibility index (Phi) is 5.48. The number of piperazine rings is 1. The van der Waals surface area contributed by atoms with Gasteiger partial charge in [-0.1, -0.05) is 29.3 Å². The van der Waals surface area contributed by atoms with Gasteiger partial charge in [-0.3, -0.25) is 0 Å². The summed E-state index contributed by atoms with van der Waals surface area (Å²) in [6, 6.07) is 5.51. The Hall–Kier alpha value is -0.320. The Labute approximate surface area is 125 Å². The summed E-state index contributed by atoms with van der Waals surface area (Å²) in [5, 5.41) is 1.32. The van der Waals surface area contributed by atoms with E-state index in [0.29, 0.717) is 10.0 Å². The largest absolute Gasteiger partial charge is 0.324 e. The molecule has 0 aromatic heterocycles. The minimum Gasteiger partial charge on any atom is -0.324 e. The number of benzene rings is 1. The Morgan fingerprint density at radius 2 is 1.89 bits per heavy atom. The zero-order valence-corrected chi connectivity index (χ0v) is 12.8. The highest BCUT2D eigenvalue weighted by Gasteiger charge is 2.16. The van der Waals surface area contributed by atoms with Crippen molar-refractivity contribution in [2.45, 2.75) is 12.5 Å². The summed E-state index contributed by atoms with van der Waals surface area (Å²) >= 11 is 12.1. The van der Waals surface area contributed by atoms with E-state index in [1.807, 2.05) is 12.1 Å². The molecule has 2 N–H and O–H groups in total. The summed E-state index contributed by atoms with van der Waals surface area (Å²) < 4.78 is 0. The van der Waals surface area contributed by atoms with Gasteiger partial charge in [0.1, 0.15) is 0 Å². The zero-order valence-electron chi connectivity index (χ0n) is 11.3. The molecule has 106 valence electrons. The number of likely N-dealkylation sites (N-methyl/N-ethyl adjacent to an activating group) is 1. The Morgan fingerprint density at radius 3 is 2.53 bits per heavy atom. The molecule has 0 bridgehead atoms. The summed E-state index contributed by atoms with van der Waals surface area (Å²) in [5.41, 5.74) is 7.21. The van der Waals surface area contributed by atoms with Crippen molar-refractivity contribution in [2.24, 2.45) is 5.73 Å². The van der Waals surface area contributed by atoms with Gasteiger partial charge >= 0.3 is 0 Å². The lowest BCUT2D eigenvalue weighted by atomic mass is 10.0. The van der Waals surface area contributed by atoms with Gasteiger partial charge in [0.05, 0.1) is 0 Å². The van der Waals surface area contributed by atoms with Crippen LogP contribution in [0.25, 0.3) is 0 Å². The van der Waals surface area contributed by atoms with Gasteiger partial charge in [0.25, 0.3) is 0 Å². The highest BCUT2D eigenvalue weighted by molar-refractivity contribution is 6.35. The molecule has 1 aromatic carbocycles. The molecule has 19 heavy (non-hydrogen) atoms. The molecule has 0 radical (unpaired) electrons. The molecule has 1 saturated heterocycles. The first kappa shape index (κ1) is 15.1. The van der Waals surface area contributed by atoms with E-state index in [2.05, 4.69) is 16.8 Å². The summed E-state index contributed by atoms with van der Waals surface area (Å²) in [5.74, 6) is 0. The smallest absolute Gasteiger partial charge is 0.0468 e. The van der Waals surface area contributed by atoms with Crippen molar-refractivity contribution >= 4 is 23.2 Å². The molecule has 3 nitrogen and oxygen atoms in total. The van der Waals surface area contributed by atoms with Crippen LogP contribution in [-0.2, 0) is 0 Å². The van der Waals surface area contributed by atoms with Crippen molar-refractivity contribution in [1.29, 1.82) is 0 Å². The van der Waals surface area contributed by atoms with E-state index >= 15 is 0 Å². The highest BCUT2D eigenvalue weighted by atomic mass is 35.5. The summed E-state index contributed by atoms with van der Waals surface area (Å²) in [4.78, 5) is 4.82. The molecule has 0 aliphatic carbocycles. The van der Waals surface area contributed by atoms with Crippen molar-refractivity contribution in [3.8, 4) is 0 Å². The van der Waals surface area contributed by atoms with Gasteiger partial charge in [-0.15, -0.1) is 0 Å². The van der Waals surface area contributed by atoms with Crippen molar-refractivity contribution < 1.29 is 0 Å². The lowest BCUT2D eigenvalue weighted by Gasteiger charge is -2.32. The van der Waals surface area contributed by atoms with Crippen LogP contribution in [0.1, 0.15) is 18.0 Å². The summed E-state index contributed by atoms with van der Waals surface area (Å²) in [7, 11) is 2.16. The monoisotopic (exact) mass is 301 g/mol. The van der Waals surface area contributed by atoms with E-state index in [0.717, 1.165) is 44.7 Å². The minimum atomic E-state index is -0.0237. The summed E-state index contributed by atoms with van der Waals surface area (Å²) in [6.07, 6.45) is 0.922. The number of nitrogens with two attached hydrogens (primary N) is 1. The number of halogens is 2. The van der Waals surface area contributed by atoms with E-state index in [-0.39, 0.29) is 6.04 Å². The lowest BCUT2D eigenvalue weighted by Crippen LogP contribution is -2.45. The molecule has 1 unspecified atom stereocenters. The maximum absolute atomic E-state index is 6.23. The first-order chi connectivity index (χ1) is 9.06. The maximum Gasteiger partial charge on any atom is 0.0468 e. The molecular formula is C14H21Cl2N3. The molecule has 1 atom stereocenters. The topological polar surface area (TPSA) is 32.5 Å². The first-order valence-electron chi connectivity index (χ1n) is 6.67. The molecule has 2 rings (SSSR count). The molecular weight excluding hydrogens is 281 g/mol. The number of rotatable bonds is 4.